The molecule has 0 N–H and O–H groups in total. The van der Waals surface area contributed by atoms with Crippen LogP contribution in [-0.2, 0) is 29.2 Å². The summed E-state index contributed by atoms with van der Waals surface area (Å²) >= 11 is 0. The lowest BCUT2D eigenvalue weighted by Gasteiger charge is -2.35. The molecule has 1 aliphatic carbocycles. The van der Waals surface area contributed by atoms with Crippen LogP contribution in [-0.4, -0.2) is 53.2 Å². The van der Waals surface area contributed by atoms with Crippen molar-refractivity contribution >= 4 is 21.0 Å². The molecule has 0 spiro atoms. The van der Waals surface area contributed by atoms with Crippen molar-refractivity contribution in [2.24, 2.45) is 5.92 Å². The maximum absolute atomic E-state index is 15.8. The first-order chi connectivity index (χ1) is 14.0. The molecule has 2 rings (SSSR count). The van der Waals surface area contributed by atoms with Crippen molar-refractivity contribution in [3.8, 4) is 0 Å². The van der Waals surface area contributed by atoms with E-state index in [0.29, 0.717) is 5.69 Å². The predicted octanol–water partition coefficient (Wildman–Crippen LogP) is 3.27. The number of methoxy groups -OCH3 is 2. The Balaban J connectivity index is 2.34. The third kappa shape index (κ3) is 5.62. The molecule has 0 radical (unpaired) electrons. The second-order valence-electron chi connectivity index (χ2n) is 8.30. The van der Waals surface area contributed by atoms with Crippen LogP contribution in [0, 0.1) is 5.92 Å². The highest BCUT2D eigenvalue weighted by Gasteiger charge is 2.46. The minimum Gasteiger partial charge on any atom is -0.463 e. The number of rotatable bonds is 8. The van der Waals surface area contributed by atoms with Crippen molar-refractivity contribution in [1.29, 1.82) is 0 Å². The van der Waals surface area contributed by atoms with Crippen LogP contribution in [0.5, 0.6) is 0 Å². The third-order valence-electron chi connectivity index (χ3n) is 5.24. The Hall–Kier alpha value is -1.44. The summed E-state index contributed by atoms with van der Waals surface area (Å²) < 4.78 is 33.9. The van der Waals surface area contributed by atoms with E-state index in [2.05, 4.69) is 19.6 Å². The summed E-state index contributed by atoms with van der Waals surface area (Å²) in [5.74, 6) is -1.32. The summed E-state index contributed by atoms with van der Waals surface area (Å²) in [7, 11) is 5.23. The van der Waals surface area contributed by atoms with Crippen LogP contribution in [0.25, 0.3) is 0 Å². The van der Waals surface area contributed by atoms with Crippen LogP contribution in [0.3, 0.4) is 0 Å². The largest absolute Gasteiger partial charge is 0.463 e. The van der Waals surface area contributed by atoms with Gasteiger partial charge in [0, 0.05) is 39.0 Å². The van der Waals surface area contributed by atoms with E-state index in [0.717, 1.165) is 0 Å². The number of Topliss-reactive ketones (excluding diaryl/α,β-unsaturated/α-hetero) is 1. The quantitative estimate of drug-likeness (QED) is 0.448. The molecular weight excluding hydrogens is 412 g/mol. The van der Waals surface area contributed by atoms with Crippen LogP contribution in [0.2, 0.25) is 0 Å². The summed E-state index contributed by atoms with van der Waals surface area (Å²) in [6.45, 7) is 7.34. The molecule has 170 valence electrons. The summed E-state index contributed by atoms with van der Waals surface area (Å²) in [5.41, 5.74) is 0.648. The molecular formula is C20H33FN3O5P. The Morgan fingerprint density at radius 3 is 2.43 bits per heavy atom. The van der Waals surface area contributed by atoms with E-state index in [1.165, 1.54) is 14.2 Å². The first kappa shape index (κ1) is 24.8. The van der Waals surface area contributed by atoms with E-state index < -0.39 is 29.5 Å². The lowest BCUT2D eigenvalue weighted by molar-refractivity contribution is -0.148. The SMILES string of the molecule is COC1c2c(nnn2C(C)C)C(F)(P)CC(C(=O)CCC(=O)OC(C)C)C[C@@H]1OC. The Morgan fingerprint density at radius 2 is 1.90 bits per heavy atom. The zero-order chi connectivity index (χ0) is 22.6. The number of carbonyl (C=O) groups is 2. The van der Waals surface area contributed by atoms with Crippen molar-refractivity contribution < 1.29 is 28.2 Å². The Kier molecular flexibility index (Phi) is 8.48. The van der Waals surface area contributed by atoms with Gasteiger partial charge in [0.25, 0.3) is 0 Å². The molecule has 0 aromatic carbocycles. The van der Waals surface area contributed by atoms with Crippen molar-refractivity contribution in [1.82, 2.24) is 15.0 Å². The molecule has 1 aromatic rings. The van der Waals surface area contributed by atoms with E-state index in [-0.39, 0.29) is 49.3 Å². The van der Waals surface area contributed by atoms with Gasteiger partial charge in [0.15, 0.2) is 5.41 Å². The molecule has 1 aliphatic rings. The predicted molar refractivity (Wildman–Crippen MR) is 112 cm³/mol. The van der Waals surface area contributed by atoms with Crippen LogP contribution in [0.1, 0.15) is 76.9 Å². The normalized spacial score (nSPS) is 26.9. The molecule has 0 amide bonds. The van der Waals surface area contributed by atoms with E-state index >= 15 is 4.39 Å². The van der Waals surface area contributed by atoms with Crippen molar-refractivity contribution in [2.75, 3.05) is 14.2 Å². The number of hydrogen-bond donors (Lipinski definition) is 0. The van der Waals surface area contributed by atoms with Gasteiger partial charge >= 0.3 is 5.97 Å². The van der Waals surface area contributed by atoms with Gasteiger partial charge in [-0.15, -0.1) is 5.10 Å². The number of carbonyl (C=O) groups excluding carboxylic acids is 2. The highest BCUT2D eigenvalue weighted by molar-refractivity contribution is 7.18. The maximum Gasteiger partial charge on any atom is 0.306 e. The summed E-state index contributed by atoms with van der Waals surface area (Å²) in [6.07, 6.45) is -1.28. The molecule has 0 bridgehead atoms. The van der Waals surface area contributed by atoms with E-state index in [9.17, 15) is 9.59 Å². The minimum absolute atomic E-state index is 0.0173. The fourth-order valence-electron chi connectivity index (χ4n) is 3.84. The molecule has 10 heteroatoms. The van der Waals surface area contributed by atoms with Gasteiger partial charge in [-0.1, -0.05) is 14.5 Å². The van der Waals surface area contributed by atoms with Gasteiger partial charge in [-0.05, 0) is 34.1 Å². The molecule has 1 heterocycles. The average molecular weight is 445 g/mol. The zero-order valence-electron chi connectivity index (χ0n) is 18.6. The summed E-state index contributed by atoms with van der Waals surface area (Å²) in [6, 6.07) is -0.0546. The molecule has 8 nitrogen and oxygen atoms in total. The monoisotopic (exact) mass is 445 g/mol. The molecule has 0 saturated heterocycles. The van der Waals surface area contributed by atoms with Gasteiger partial charge in [-0.3, -0.25) is 9.59 Å². The highest BCUT2D eigenvalue weighted by Crippen LogP contribution is 2.47. The minimum atomic E-state index is -1.96. The van der Waals surface area contributed by atoms with Crippen LogP contribution in [0.4, 0.5) is 4.39 Å². The van der Waals surface area contributed by atoms with Gasteiger partial charge in [-0.25, -0.2) is 9.07 Å². The molecule has 0 saturated carbocycles. The number of ketones is 1. The fourth-order valence-corrected chi connectivity index (χ4v) is 4.33. The smallest absolute Gasteiger partial charge is 0.306 e. The molecule has 4 unspecified atom stereocenters. The maximum atomic E-state index is 15.8. The molecule has 1 aromatic heterocycles. The Bertz CT molecular complexity index is 753. The number of halogens is 1. The number of alkyl halides is 1. The van der Waals surface area contributed by atoms with Gasteiger partial charge < -0.3 is 14.2 Å². The number of hydrogen-bond acceptors (Lipinski definition) is 7. The van der Waals surface area contributed by atoms with Gasteiger partial charge in [0.05, 0.1) is 24.3 Å². The first-order valence-electron chi connectivity index (χ1n) is 10.2. The highest BCUT2D eigenvalue weighted by atomic mass is 31.0. The van der Waals surface area contributed by atoms with Gasteiger partial charge in [-0.2, -0.15) is 0 Å². The summed E-state index contributed by atoms with van der Waals surface area (Å²) in [5, 5.41) is 6.27. The summed E-state index contributed by atoms with van der Waals surface area (Å²) in [4.78, 5) is 24.7. The van der Waals surface area contributed by atoms with Crippen LogP contribution < -0.4 is 0 Å². The number of fused-ring (bicyclic) bond motifs is 1. The Morgan fingerprint density at radius 1 is 1.23 bits per heavy atom. The third-order valence-corrected chi connectivity index (χ3v) is 5.74. The van der Waals surface area contributed by atoms with Gasteiger partial charge in [0.1, 0.15) is 17.6 Å². The van der Waals surface area contributed by atoms with Crippen molar-refractivity contribution in [3.63, 3.8) is 0 Å². The zero-order valence-corrected chi connectivity index (χ0v) is 19.7. The van der Waals surface area contributed by atoms with Crippen molar-refractivity contribution in [2.45, 2.75) is 83.1 Å². The molecule has 0 aliphatic heterocycles. The molecule has 5 atom stereocenters. The van der Waals surface area contributed by atoms with E-state index in [4.69, 9.17) is 14.2 Å². The number of esters is 1. The standard InChI is InChI=1S/C20H33FN3O5P/c1-11(2)24-17-18(28-6)15(27-5)9-13(10-20(21,30)19(17)22-23-24)14(25)7-8-16(26)29-12(3)4/h11-13,15,18H,7-10,30H2,1-6H3/t13?,15-,18?,20?/m0/s1. The average Bonchev–Trinajstić information content (AvgIpc) is 3.09. The van der Waals surface area contributed by atoms with Crippen LogP contribution >= 0.6 is 9.24 Å². The lowest BCUT2D eigenvalue weighted by atomic mass is 9.83. The lowest BCUT2D eigenvalue weighted by Crippen LogP contribution is -2.36. The second-order valence-corrected chi connectivity index (χ2v) is 9.21. The van der Waals surface area contributed by atoms with Crippen LogP contribution in [0.15, 0.2) is 0 Å². The first-order valence-corrected chi connectivity index (χ1v) is 10.8. The van der Waals surface area contributed by atoms with Crippen molar-refractivity contribution in [3.05, 3.63) is 11.4 Å². The molecule has 30 heavy (non-hydrogen) atoms. The molecule has 0 fully saturated rings. The second kappa shape index (κ2) is 10.2. The number of aromatic nitrogens is 3. The van der Waals surface area contributed by atoms with E-state index in [1.54, 1.807) is 18.5 Å². The number of nitrogens with zero attached hydrogens (tertiary/aromatic N) is 3. The van der Waals surface area contributed by atoms with Gasteiger partial charge in [0.2, 0.25) is 0 Å². The Labute approximate surface area is 179 Å². The van der Waals surface area contributed by atoms with E-state index in [1.807, 2.05) is 13.8 Å². The fraction of sp³-hybridized carbons (Fsp3) is 0.800. The topological polar surface area (TPSA) is 92.5 Å². The number of ether oxygens (including phenoxy) is 3.